The number of rotatable bonds is 6. The van der Waals surface area contributed by atoms with Gasteiger partial charge >= 0.3 is 0 Å². The summed E-state index contributed by atoms with van der Waals surface area (Å²) in [6, 6.07) is 8.04. The molecular formula is C22H30N2O3S. The number of carbonyl (C=O) groups excluding carboxylic acids is 2. The van der Waals surface area contributed by atoms with E-state index in [0.29, 0.717) is 43.1 Å². The number of nitrogens with zero attached hydrogens (tertiary/aromatic N) is 2. The monoisotopic (exact) mass is 402 g/mol. The Morgan fingerprint density at radius 1 is 1.11 bits per heavy atom. The number of carbonyl (C=O) groups is 2. The van der Waals surface area contributed by atoms with Gasteiger partial charge in [0.05, 0.1) is 12.9 Å². The molecule has 3 fully saturated rings. The van der Waals surface area contributed by atoms with Crippen molar-refractivity contribution >= 4 is 23.6 Å². The lowest BCUT2D eigenvalue weighted by Gasteiger charge is -2.35. The Morgan fingerprint density at radius 3 is 2.54 bits per heavy atom. The Hall–Kier alpha value is -1.69. The molecule has 1 aliphatic heterocycles. The highest BCUT2D eigenvalue weighted by Gasteiger charge is 2.46. The Labute approximate surface area is 171 Å². The summed E-state index contributed by atoms with van der Waals surface area (Å²) in [6.07, 6.45) is 6.06. The van der Waals surface area contributed by atoms with E-state index in [-0.39, 0.29) is 17.7 Å². The molecule has 2 saturated carbocycles. The third-order valence-electron chi connectivity index (χ3n) is 6.32. The molecule has 0 spiro atoms. The first kappa shape index (κ1) is 19.6. The van der Waals surface area contributed by atoms with E-state index in [2.05, 4.69) is 6.07 Å². The Bertz CT molecular complexity index is 711. The molecule has 1 heterocycles. The number of ether oxygens (including phenoxy) is 1. The fourth-order valence-corrected chi connectivity index (χ4v) is 5.68. The zero-order chi connectivity index (χ0) is 19.5. The van der Waals surface area contributed by atoms with Crippen molar-refractivity contribution in [2.75, 3.05) is 39.0 Å². The number of thioether (sulfide) groups is 1. The largest absolute Gasteiger partial charge is 0.497 e. The van der Waals surface area contributed by atoms with Gasteiger partial charge in [0.2, 0.25) is 11.8 Å². The van der Waals surface area contributed by atoms with Crippen LogP contribution in [0.2, 0.25) is 0 Å². The first-order chi connectivity index (χ1) is 13.7. The van der Waals surface area contributed by atoms with Crippen molar-refractivity contribution in [1.82, 2.24) is 9.80 Å². The van der Waals surface area contributed by atoms with E-state index >= 15 is 0 Å². The Kier molecular flexibility index (Phi) is 6.14. The highest BCUT2D eigenvalue weighted by atomic mass is 32.2. The molecule has 1 saturated heterocycles. The van der Waals surface area contributed by atoms with Crippen LogP contribution in [0.25, 0.3) is 0 Å². The number of piperazine rings is 1. The van der Waals surface area contributed by atoms with Crippen LogP contribution in [-0.2, 0) is 9.59 Å². The number of methoxy groups -OCH3 is 1. The van der Waals surface area contributed by atoms with Crippen LogP contribution >= 0.6 is 11.8 Å². The second-order valence-corrected chi connectivity index (χ2v) is 9.44. The third kappa shape index (κ3) is 4.48. The highest BCUT2D eigenvalue weighted by Crippen LogP contribution is 2.49. The van der Waals surface area contributed by atoms with Crippen molar-refractivity contribution in [2.24, 2.45) is 5.92 Å². The molecule has 5 nitrogen and oxygen atoms in total. The number of amides is 2. The summed E-state index contributed by atoms with van der Waals surface area (Å²) in [7, 11) is 1.67. The van der Waals surface area contributed by atoms with Gasteiger partial charge in [-0.25, -0.2) is 0 Å². The van der Waals surface area contributed by atoms with Gasteiger partial charge in [-0.2, -0.15) is 0 Å². The minimum atomic E-state index is 0.0901. The summed E-state index contributed by atoms with van der Waals surface area (Å²) >= 11 is 1.83. The Morgan fingerprint density at radius 2 is 1.82 bits per heavy atom. The molecule has 4 rings (SSSR count). The summed E-state index contributed by atoms with van der Waals surface area (Å²) < 4.78 is 5.30. The molecule has 0 aromatic heterocycles. The quantitative estimate of drug-likeness (QED) is 0.734. The SMILES string of the molecule is COc1cccc([C@H]2C[C@@H]2C(=O)N2CCN(C(=O)CSC3CCCC3)CC2)c1. The van der Waals surface area contributed by atoms with Crippen LogP contribution in [0.5, 0.6) is 5.75 Å². The molecule has 0 unspecified atom stereocenters. The van der Waals surface area contributed by atoms with Gasteiger partial charge in [0.15, 0.2) is 0 Å². The molecule has 0 bridgehead atoms. The number of hydrogen-bond donors (Lipinski definition) is 0. The first-order valence-corrected chi connectivity index (χ1v) is 11.5. The van der Waals surface area contributed by atoms with E-state index in [1.54, 1.807) is 7.11 Å². The molecule has 0 N–H and O–H groups in total. The Balaban J connectivity index is 1.22. The van der Waals surface area contributed by atoms with Crippen LogP contribution in [0.15, 0.2) is 24.3 Å². The molecule has 2 aliphatic carbocycles. The van der Waals surface area contributed by atoms with Crippen LogP contribution in [0, 0.1) is 5.92 Å². The molecule has 2 amide bonds. The van der Waals surface area contributed by atoms with Crippen LogP contribution in [0.1, 0.15) is 43.6 Å². The molecular weight excluding hydrogens is 372 g/mol. The van der Waals surface area contributed by atoms with E-state index < -0.39 is 0 Å². The fourth-order valence-electron chi connectivity index (χ4n) is 4.45. The summed E-state index contributed by atoms with van der Waals surface area (Å²) in [5, 5.41) is 0.676. The number of hydrogen-bond acceptors (Lipinski definition) is 4. The minimum Gasteiger partial charge on any atom is -0.497 e. The average molecular weight is 403 g/mol. The second kappa shape index (κ2) is 8.76. The standard InChI is InChI=1S/C22H30N2O3S/c1-27-17-6-4-5-16(13-17)19-14-20(19)22(26)24-11-9-23(10-12-24)21(25)15-28-18-7-2-3-8-18/h4-6,13,18-20H,2-3,7-12,14-15H2,1H3/t19-,20+/m1/s1. The predicted octanol–water partition coefficient (Wildman–Crippen LogP) is 3.15. The normalized spacial score (nSPS) is 25.0. The van der Waals surface area contributed by atoms with Crippen LogP contribution in [0.3, 0.4) is 0 Å². The van der Waals surface area contributed by atoms with Crippen LogP contribution in [-0.4, -0.2) is 65.9 Å². The van der Waals surface area contributed by atoms with Crippen LogP contribution in [0.4, 0.5) is 0 Å². The maximum atomic E-state index is 12.9. The minimum absolute atomic E-state index is 0.0901. The molecule has 2 atom stereocenters. The molecule has 1 aromatic carbocycles. The lowest BCUT2D eigenvalue weighted by molar-refractivity contribution is -0.139. The van der Waals surface area contributed by atoms with Gasteiger partial charge in [-0.15, -0.1) is 11.8 Å². The van der Waals surface area contributed by atoms with E-state index in [0.717, 1.165) is 12.2 Å². The predicted molar refractivity (Wildman–Crippen MR) is 112 cm³/mol. The second-order valence-electron chi connectivity index (χ2n) is 8.15. The average Bonchev–Trinajstić information content (AvgIpc) is 3.38. The smallest absolute Gasteiger partial charge is 0.232 e. The summed E-state index contributed by atoms with van der Waals surface area (Å²) in [6.45, 7) is 2.68. The maximum absolute atomic E-state index is 12.9. The van der Waals surface area contributed by atoms with Gasteiger partial charge in [0.25, 0.3) is 0 Å². The zero-order valence-electron chi connectivity index (χ0n) is 16.6. The topological polar surface area (TPSA) is 49.9 Å². The molecule has 28 heavy (non-hydrogen) atoms. The van der Waals surface area contributed by atoms with Crippen molar-refractivity contribution < 1.29 is 14.3 Å². The van der Waals surface area contributed by atoms with Crippen molar-refractivity contribution in [1.29, 1.82) is 0 Å². The van der Waals surface area contributed by atoms with Gasteiger partial charge in [0, 0.05) is 37.3 Å². The lowest BCUT2D eigenvalue weighted by atomic mass is 10.1. The van der Waals surface area contributed by atoms with Crippen molar-refractivity contribution in [3.05, 3.63) is 29.8 Å². The molecule has 152 valence electrons. The number of benzene rings is 1. The molecule has 1 aromatic rings. The summed E-state index contributed by atoms with van der Waals surface area (Å²) in [4.78, 5) is 29.2. The van der Waals surface area contributed by atoms with E-state index in [4.69, 9.17) is 4.74 Å². The summed E-state index contributed by atoms with van der Waals surface area (Å²) in [5.74, 6) is 2.33. The summed E-state index contributed by atoms with van der Waals surface area (Å²) in [5.41, 5.74) is 1.19. The van der Waals surface area contributed by atoms with Crippen LogP contribution < -0.4 is 4.74 Å². The van der Waals surface area contributed by atoms with Gasteiger partial charge in [0.1, 0.15) is 5.75 Å². The first-order valence-electron chi connectivity index (χ1n) is 10.5. The lowest BCUT2D eigenvalue weighted by Crippen LogP contribution is -2.51. The van der Waals surface area contributed by atoms with Gasteiger partial charge in [-0.1, -0.05) is 25.0 Å². The third-order valence-corrected chi connectivity index (χ3v) is 7.67. The zero-order valence-corrected chi connectivity index (χ0v) is 17.5. The highest BCUT2D eigenvalue weighted by molar-refractivity contribution is 8.00. The van der Waals surface area contributed by atoms with E-state index in [1.165, 1.54) is 31.2 Å². The fraction of sp³-hybridized carbons (Fsp3) is 0.636. The van der Waals surface area contributed by atoms with E-state index in [9.17, 15) is 9.59 Å². The van der Waals surface area contributed by atoms with Crippen molar-refractivity contribution in [3.8, 4) is 5.75 Å². The van der Waals surface area contributed by atoms with Crippen molar-refractivity contribution in [2.45, 2.75) is 43.3 Å². The van der Waals surface area contributed by atoms with Gasteiger partial charge < -0.3 is 14.5 Å². The molecule has 0 radical (unpaired) electrons. The van der Waals surface area contributed by atoms with Gasteiger partial charge in [-0.3, -0.25) is 9.59 Å². The van der Waals surface area contributed by atoms with E-state index in [1.807, 2.05) is 39.8 Å². The molecule has 6 heteroatoms. The van der Waals surface area contributed by atoms with Crippen molar-refractivity contribution in [3.63, 3.8) is 0 Å². The maximum Gasteiger partial charge on any atom is 0.232 e. The van der Waals surface area contributed by atoms with Gasteiger partial charge in [-0.05, 0) is 42.9 Å². The molecule has 3 aliphatic rings.